The van der Waals surface area contributed by atoms with Crippen molar-refractivity contribution >= 4 is 11.8 Å². The van der Waals surface area contributed by atoms with Crippen LogP contribution in [-0.2, 0) is 9.59 Å². The van der Waals surface area contributed by atoms with Gasteiger partial charge in [0.05, 0.1) is 13.2 Å². The van der Waals surface area contributed by atoms with Crippen LogP contribution in [0.1, 0.15) is 19.8 Å². The molecule has 0 atom stereocenters. The highest BCUT2D eigenvalue weighted by Gasteiger charge is 2.09. The molecule has 0 heterocycles. The van der Waals surface area contributed by atoms with E-state index in [9.17, 15) is 14.0 Å². The summed E-state index contributed by atoms with van der Waals surface area (Å²) in [5, 5.41) is 0. The number of carbonyl (C=O) groups is 2. The minimum Gasteiger partial charge on any atom is -0.491 e. The van der Waals surface area contributed by atoms with Gasteiger partial charge < -0.3 is 14.2 Å². The van der Waals surface area contributed by atoms with Gasteiger partial charge in [0.1, 0.15) is 0 Å². The minimum absolute atomic E-state index is 0.114. The summed E-state index contributed by atoms with van der Waals surface area (Å²) < 4.78 is 29.4. The molecule has 0 aliphatic rings. The number of benzene rings is 2. The van der Waals surface area contributed by atoms with Crippen molar-refractivity contribution in [2.24, 2.45) is 0 Å². The van der Waals surface area contributed by atoms with Crippen LogP contribution in [0, 0.1) is 5.82 Å². The molecule has 0 saturated carbocycles. The highest BCUT2D eigenvalue weighted by molar-refractivity contribution is 5.82. The summed E-state index contributed by atoms with van der Waals surface area (Å²) in [5.74, 6) is -0.235. The summed E-state index contributed by atoms with van der Waals surface area (Å²) >= 11 is 0. The van der Waals surface area contributed by atoms with Crippen LogP contribution in [-0.4, -0.2) is 31.6 Å². The molecule has 0 aromatic heterocycles. The van der Waals surface area contributed by atoms with Gasteiger partial charge in [-0.05, 0) is 37.6 Å². The Morgan fingerprint density at radius 2 is 1.46 bits per heavy atom. The Morgan fingerprint density at radius 3 is 2.14 bits per heavy atom. The molecule has 28 heavy (non-hydrogen) atoms. The Kier molecular flexibility index (Phi) is 8.58. The van der Waals surface area contributed by atoms with Gasteiger partial charge in [0.25, 0.3) is 5.91 Å². The molecule has 2 amide bonds. The average molecular weight is 390 g/mol. The van der Waals surface area contributed by atoms with Crippen molar-refractivity contribution in [3.05, 3.63) is 54.3 Å². The van der Waals surface area contributed by atoms with Crippen LogP contribution in [0.15, 0.2) is 48.5 Å². The number of hydrazine groups is 1. The summed E-state index contributed by atoms with van der Waals surface area (Å²) in [4.78, 5) is 23.5. The fourth-order valence-electron chi connectivity index (χ4n) is 2.20. The number of nitrogens with one attached hydrogen (secondary N) is 2. The topological polar surface area (TPSA) is 85.9 Å². The second-order valence-corrected chi connectivity index (χ2v) is 5.65. The first-order valence-corrected chi connectivity index (χ1v) is 8.89. The molecule has 0 bridgehead atoms. The van der Waals surface area contributed by atoms with E-state index in [1.54, 1.807) is 36.4 Å². The molecule has 2 aromatic carbocycles. The largest absolute Gasteiger partial charge is 0.491 e. The van der Waals surface area contributed by atoms with Crippen LogP contribution >= 0.6 is 0 Å². The maximum absolute atomic E-state index is 13.4. The second-order valence-electron chi connectivity index (χ2n) is 5.65. The number of hydrogen-bond acceptors (Lipinski definition) is 5. The lowest BCUT2D eigenvalue weighted by atomic mass is 10.3. The molecule has 2 aromatic rings. The van der Waals surface area contributed by atoms with Crippen LogP contribution in [0.3, 0.4) is 0 Å². The smallest absolute Gasteiger partial charge is 0.276 e. The predicted molar refractivity (Wildman–Crippen MR) is 101 cm³/mol. The third-order valence-electron chi connectivity index (χ3n) is 3.49. The molecule has 150 valence electrons. The lowest BCUT2D eigenvalue weighted by Gasteiger charge is -2.12. The summed E-state index contributed by atoms with van der Waals surface area (Å²) in [6.45, 7) is 2.23. The van der Waals surface area contributed by atoms with Crippen LogP contribution < -0.4 is 25.1 Å². The molecule has 7 nitrogen and oxygen atoms in total. The minimum atomic E-state index is -0.512. The fraction of sp³-hybridized carbons (Fsp3) is 0.300. The van der Waals surface area contributed by atoms with Gasteiger partial charge in [-0.2, -0.15) is 0 Å². The third kappa shape index (κ3) is 7.14. The molecule has 2 N–H and O–H groups in total. The Morgan fingerprint density at radius 1 is 0.857 bits per heavy atom. The molecule has 0 fully saturated rings. The van der Waals surface area contributed by atoms with E-state index in [2.05, 4.69) is 10.9 Å². The standard InChI is InChI=1S/C20H23FN2O5/c1-2-26-17-10-5-6-11-18(17)28-14-20(25)23-22-19(24)12-7-13-27-16-9-4-3-8-15(16)21/h3-6,8-11H,2,7,12-14H2,1H3,(H,22,24)(H,23,25). The predicted octanol–water partition coefficient (Wildman–Crippen LogP) is 2.61. The van der Waals surface area contributed by atoms with E-state index >= 15 is 0 Å². The van der Waals surface area contributed by atoms with E-state index in [4.69, 9.17) is 14.2 Å². The van der Waals surface area contributed by atoms with E-state index in [-0.39, 0.29) is 31.3 Å². The molecule has 0 radical (unpaired) electrons. The highest BCUT2D eigenvalue weighted by atomic mass is 19.1. The highest BCUT2D eigenvalue weighted by Crippen LogP contribution is 2.26. The maximum Gasteiger partial charge on any atom is 0.276 e. The zero-order chi connectivity index (χ0) is 20.2. The van der Waals surface area contributed by atoms with E-state index in [0.717, 1.165) is 0 Å². The Labute approximate surface area is 162 Å². The summed E-state index contributed by atoms with van der Waals surface area (Å²) in [6, 6.07) is 13.0. The van der Waals surface area contributed by atoms with Crippen molar-refractivity contribution in [2.75, 3.05) is 19.8 Å². The van der Waals surface area contributed by atoms with Crippen molar-refractivity contribution < 1.29 is 28.2 Å². The number of carbonyl (C=O) groups excluding carboxylic acids is 2. The summed E-state index contributed by atoms with van der Waals surface area (Å²) in [7, 11) is 0. The van der Waals surface area contributed by atoms with Gasteiger partial charge in [0.2, 0.25) is 5.91 Å². The second kappa shape index (κ2) is 11.4. The first-order valence-electron chi connectivity index (χ1n) is 8.89. The van der Waals surface area contributed by atoms with Crippen molar-refractivity contribution in [3.63, 3.8) is 0 Å². The molecule has 0 unspecified atom stereocenters. The third-order valence-corrected chi connectivity index (χ3v) is 3.49. The van der Waals surface area contributed by atoms with Crippen LogP contribution in [0.25, 0.3) is 0 Å². The van der Waals surface area contributed by atoms with Crippen LogP contribution in [0.2, 0.25) is 0 Å². The van der Waals surface area contributed by atoms with Gasteiger partial charge in [-0.1, -0.05) is 24.3 Å². The van der Waals surface area contributed by atoms with Gasteiger partial charge in [0.15, 0.2) is 29.7 Å². The molecule has 0 spiro atoms. The quantitative estimate of drug-likeness (QED) is 0.481. The van der Waals surface area contributed by atoms with Crippen molar-refractivity contribution in [3.8, 4) is 17.2 Å². The number of ether oxygens (including phenoxy) is 3. The number of rotatable bonds is 10. The van der Waals surface area contributed by atoms with Crippen molar-refractivity contribution in [1.29, 1.82) is 0 Å². The monoisotopic (exact) mass is 390 g/mol. The van der Waals surface area contributed by atoms with Crippen molar-refractivity contribution in [1.82, 2.24) is 10.9 Å². The Hall–Kier alpha value is -3.29. The number of amides is 2. The lowest BCUT2D eigenvalue weighted by Crippen LogP contribution is -2.43. The Balaban J connectivity index is 1.62. The van der Waals surface area contributed by atoms with E-state index in [1.807, 2.05) is 6.92 Å². The number of halogens is 1. The molecule has 8 heteroatoms. The normalized spacial score (nSPS) is 10.1. The van der Waals surface area contributed by atoms with Gasteiger partial charge in [-0.15, -0.1) is 0 Å². The number of hydrogen-bond donors (Lipinski definition) is 2. The summed E-state index contributed by atoms with van der Waals surface area (Å²) in [6.07, 6.45) is 0.483. The zero-order valence-corrected chi connectivity index (χ0v) is 15.6. The molecular formula is C20H23FN2O5. The van der Waals surface area contributed by atoms with Crippen molar-refractivity contribution in [2.45, 2.75) is 19.8 Å². The molecule has 0 saturated heterocycles. The zero-order valence-electron chi connectivity index (χ0n) is 15.6. The molecule has 0 aliphatic heterocycles. The van der Waals surface area contributed by atoms with Gasteiger partial charge >= 0.3 is 0 Å². The van der Waals surface area contributed by atoms with Crippen LogP contribution in [0.5, 0.6) is 17.2 Å². The van der Waals surface area contributed by atoms with E-state index < -0.39 is 11.7 Å². The maximum atomic E-state index is 13.4. The first kappa shape index (κ1) is 21.0. The SMILES string of the molecule is CCOc1ccccc1OCC(=O)NNC(=O)CCCOc1ccccc1F. The number of para-hydroxylation sites is 3. The fourth-order valence-corrected chi connectivity index (χ4v) is 2.20. The van der Waals surface area contributed by atoms with Gasteiger partial charge in [0, 0.05) is 6.42 Å². The van der Waals surface area contributed by atoms with E-state index in [1.165, 1.54) is 12.1 Å². The molecule has 0 aliphatic carbocycles. The molecule has 2 rings (SSSR count). The molecular weight excluding hydrogens is 367 g/mol. The van der Waals surface area contributed by atoms with Crippen LogP contribution in [0.4, 0.5) is 4.39 Å². The first-order chi connectivity index (χ1) is 13.6. The van der Waals surface area contributed by atoms with Gasteiger partial charge in [-0.3, -0.25) is 20.4 Å². The average Bonchev–Trinajstić information content (AvgIpc) is 2.70. The summed E-state index contributed by atoms with van der Waals surface area (Å²) in [5.41, 5.74) is 4.56. The van der Waals surface area contributed by atoms with E-state index in [0.29, 0.717) is 24.5 Å². The van der Waals surface area contributed by atoms with Gasteiger partial charge in [-0.25, -0.2) is 4.39 Å². The Bertz CT molecular complexity index is 785. The lowest BCUT2D eigenvalue weighted by molar-refractivity contribution is -0.130.